The summed E-state index contributed by atoms with van der Waals surface area (Å²) in [7, 11) is -1.71. The standard InChI is InChI=1S/C15H12BNO7/c1-9-5-4-8-12(18)23-16(22-9)15(21)24-17-13(19)10-6-2-3-7-11(10)14(17)20/h2-3,6-7H,1,4-5,8H2. The molecule has 1 saturated heterocycles. The zero-order valence-corrected chi connectivity index (χ0v) is 12.5. The van der Waals surface area contributed by atoms with Gasteiger partial charge in [-0.15, -0.1) is 0 Å². The van der Waals surface area contributed by atoms with Gasteiger partial charge in [0.2, 0.25) is 0 Å². The number of imide groups is 1. The minimum Gasteiger partial charge on any atom is -0.522 e. The lowest BCUT2D eigenvalue weighted by Crippen LogP contribution is -2.42. The van der Waals surface area contributed by atoms with Crippen LogP contribution in [0.3, 0.4) is 0 Å². The van der Waals surface area contributed by atoms with Crippen molar-refractivity contribution in [1.82, 2.24) is 5.06 Å². The molecule has 122 valence electrons. The molecule has 1 aromatic carbocycles. The largest absolute Gasteiger partial charge is 0.722 e. The summed E-state index contributed by atoms with van der Waals surface area (Å²) in [4.78, 5) is 52.7. The smallest absolute Gasteiger partial charge is 0.522 e. The van der Waals surface area contributed by atoms with Gasteiger partial charge in [0.1, 0.15) is 0 Å². The van der Waals surface area contributed by atoms with Crippen LogP contribution in [0.4, 0.5) is 4.79 Å². The van der Waals surface area contributed by atoms with Crippen molar-refractivity contribution >= 4 is 30.8 Å². The van der Waals surface area contributed by atoms with Crippen molar-refractivity contribution in [3.05, 3.63) is 47.7 Å². The van der Waals surface area contributed by atoms with Gasteiger partial charge in [-0.1, -0.05) is 23.8 Å². The molecule has 2 amide bonds. The Bertz CT molecular complexity index is 707. The number of nitrogens with zero attached hydrogens (tertiary/aromatic N) is 1. The van der Waals surface area contributed by atoms with E-state index in [9.17, 15) is 19.2 Å². The van der Waals surface area contributed by atoms with Gasteiger partial charge in [-0.25, -0.2) is 0 Å². The molecule has 0 aromatic heterocycles. The van der Waals surface area contributed by atoms with Gasteiger partial charge in [0.15, 0.2) is 0 Å². The fraction of sp³-hybridized carbons (Fsp3) is 0.200. The van der Waals surface area contributed by atoms with Crippen LogP contribution in [0.15, 0.2) is 36.6 Å². The molecule has 3 rings (SSSR count). The molecule has 0 atom stereocenters. The fourth-order valence-electron chi connectivity index (χ4n) is 2.32. The Hall–Kier alpha value is -3.10. The Morgan fingerprint density at radius 1 is 1.08 bits per heavy atom. The lowest BCUT2D eigenvalue weighted by molar-refractivity contribution is -0.136. The van der Waals surface area contributed by atoms with Gasteiger partial charge in [-0.3, -0.25) is 19.2 Å². The van der Waals surface area contributed by atoms with Crippen molar-refractivity contribution in [3.63, 3.8) is 0 Å². The van der Waals surface area contributed by atoms with Crippen molar-refractivity contribution in [2.75, 3.05) is 0 Å². The maximum atomic E-state index is 12.1. The molecule has 2 aliphatic heterocycles. The average Bonchev–Trinajstić information content (AvgIpc) is 2.78. The monoisotopic (exact) mass is 329 g/mol. The second-order valence-corrected chi connectivity index (χ2v) is 5.19. The fourth-order valence-corrected chi connectivity index (χ4v) is 2.32. The minimum absolute atomic E-state index is 0.0964. The zero-order chi connectivity index (χ0) is 17.3. The van der Waals surface area contributed by atoms with Crippen molar-refractivity contribution < 1.29 is 33.3 Å². The molecule has 0 bridgehead atoms. The number of rotatable bonds is 2. The summed E-state index contributed by atoms with van der Waals surface area (Å²) in [5, 5.41) is 0.325. The van der Waals surface area contributed by atoms with Gasteiger partial charge in [0, 0.05) is 12.8 Å². The first kappa shape index (κ1) is 15.8. The molecule has 1 fully saturated rings. The van der Waals surface area contributed by atoms with E-state index in [2.05, 4.69) is 6.58 Å². The second kappa shape index (κ2) is 6.19. The normalized spacial score (nSPS) is 17.7. The van der Waals surface area contributed by atoms with Crippen LogP contribution in [0.1, 0.15) is 40.0 Å². The summed E-state index contributed by atoms with van der Waals surface area (Å²) in [6.45, 7) is 3.60. The molecule has 0 radical (unpaired) electrons. The van der Waals surface area contributed by atoms with E-state index in [0.29, 0.717) is 17.9 Å². The quantitative estimate of drug-likeness (QED) is 0.601. The highest BCUT2D eigenvalue weighted by molar-refractivity contribution is 6.80. The summed E-state index contributed by atoms with van der Waals surface area (Å²) >= 11 is 0. The molecule has 2 aliphatic rings. The third-order valence-electron chi connectivity index (χ3n) is 3.48. The van der Waals surface area contributed by atoms with Crippen LogP contribution in [0, 0.1) is 0 Å². The Labute approximate surface area is 137 Å². The van der Waals surface area contributed by atoms with E-state index in [1.165, 1.54) is 12.1 Å². The third kappa shape index (κ3) is 2.88. The lowest BCUT2D eigenvalue weighted by Gasteiger charge is -2.20. The Morgan fingerprint density at radius 2 is 1.71 bits per heavy atom. The van der Waals surface area contributed by atoms with Gasteiger partial charge in [0.05, 0.1) is 16.9 Å². The van der Waals surface area contributed by atoms with E-state index < -0.39 is 30.8 Å². The van der Waals surface area contributed by atoms with Gasteiger partial charge in [-0.2, -0.15) is 0 Å². The van der Waals surface area contributed by atoms with E-state index in [1.54, 1.807) is 12.1 Å². The number of amides is 2. The van der Waals surface area contributed by atoms with Gasteiger partial charge in [-0.05, 0) is 18.6 Å². The molecule has 0 aliphatic carbocycles. The summed E-state index contributed by atoms with van der Waals surface area (Å²) in [6.07, 6.45) is 0.961. The van der Waals surface area contributed by atoms with Crippen LogP contribution in [0.2, 0.25) is 0 Å². The SMILES string of the molecule is C=C1CCCC(=O)OB(C(=O)ON2C(=O)c3ccccc3C2=O)O1. The molecule has 0 unspecified atom stereocenters. The maximum absolute atomic E-state index is 12.1. The van der Waals surface area contributed by atoms with Crippen LogP contribution in [-0.2, 0) is 18.9 Å². The van der Waals surface area contributed by atoms with Crippen LogP contribution in [-0.4, -0.2) is 35.8 Å². The highest BCUT2D eigenvalue weighted by Gasteiger charge is 2.45. The first-order chi connectivity index (χ1) is 11.5. The van der Waals surface area contributed by atoms with Crippen LogP contribution < -0.4 is 0 Å². The van der Waals surface area contributed by atoms with Crippen molar-refractivity contribution in [2.24, 2.45) is 0 Å². The first-order valence-corrected chi connectivity index (χ1v) is 7.21. The molecular weight excluding hydrogens is 317 g/mol. The van der Waals surface area contributed by atoms with Gasteiger partial charge >= 0.3 is 13.0 Å². The topological polar surface area (TPSA) is 99.2 Å². The second-order valence-electron chi connectivity index (χ2n) is 5.19. The minimum atomic E-state index is -1.71. The predicted octanol–water partition coefficient (Wildman–Crippen LogP) is 1.66. The van der Waals surface area contributed by atoms with E-state index in [-0.39, 0.29) is 23.3 Å². The first-order valence-electron chi connectivity index (χ1n) is 7.21. The lowest BCUT2D eigenvalue weighted by atomic mass is 9.89. The van der Waals surface area contributed by atoms with Crippen molar-refractivity contribution in [1.29, 1.82) is 0 Å². The molecular formula is C15H12BNO7. The number of carbonyl (C=O) groups is 4. The Morgan fingerprint density at radius 3 is 2.33 bits per heavy atom. The average molecular weight is 329 g/mol. The zero-order valence-electron chi connectivity index (χ0n) is 12.5. The summed E-state index contributed by atoms with van der Waals surface area (Å²) in [6, 6.07) is 6.05. The number of hydrogen-bond acceptors (Lipinski definition) is 7. The van der Waals surface area contributed by atoms with E-state index in [1.807, 2.05) is 0 Å². The predicted molar refractivity (Wildman–Crippen MR) is 79.3 cm³/mol. The van der Waals surface area contributed by atoms with Crippen LogP contribution in [0.5, 0.6) is 0 Å². The molecule has 1 aromatic rings. The number of hydroxylamine groups is 2. The van der Waals surface area contributed by atoms with Crippen LogP contribution in [0.25, 0.3) is 0 Å². The third-order valence-corrected chi connectivity index (χ3v) is 3.48. The Kier molecular flexibility index (Phi) is 4.07. The maximum Gasteiger partial charge on any atom is 0.722 e. The molecule has 2 heterocycles. The van der Waals surface area contributed by atoms with Crippen molar-refractivity contribution in [2.45, 2.75) is 19.3 Å². The molecule has 0 saturated carbocycles. The molecule has 0 N–H and O–H groups in total. The molecule has 8 nitrogen and oxygen atoms in total. The van der Waals surface area contributed by atoms with E-state index >= 15 is 0 Å². The van der Waals surface area contributed by atoms with E-state index in [4.69, 9.17) is 14.1 Å². The highest BCUT2D eigenvalue weighted by Crippen LogP contribution is 2.23. The summed E-state index contributed by atoms with van der Waals surface area (Å²) < 4.78 is 9.96. The highest BCUT2D eigenvalue weighted by atomic mass is 16.7. The van der Waals surface area contributed by atoms with Crippen molar-refractivity contribution in [3.8, 4) is 0 Å². The number of hydrogen-bond donors (Lipinski definition) is 0. The summed E-state index contributed by atoms with van der Waals surface area (Å²) in [5.41, 5.74) is 0.241. The number of allylic oxidation sites excluding steroid dienone is 1. The number of benzene rings is 1. The van der Waals surface area contributed by atoms with Gasteiger partial charge in [0.25, 0.3) is 17.8 Å². The molecule has 9 heteroatoms. The molecule has 24 heavy (non-hydrogen) atoms. The van der Waals surface area contributed by atoms with Crippen LogP contribution >= 0.6 is 0 Å². The number of fused-ring (bicyclic) bond motifs is 1. The van der Waals surface area contributed by atoms with Gasteiger partial charge < -0.3 is 14.1 Å². The van der Waals surface area contributed by atoms with E-state index in [0.717, 1.165) is 0 Å². The molecule has 0 spiro atoms. The number of carbonyl (C=O) groups excluding carboxylic acids is 4. The summed E-state index contributed by atoms with van der Waals surface area (Å²) in [5.74, 6) is -3.15. The Balaban J connectivity index is 1.75.